The number of ketones is 1. The van der Waals surface area contributed by atoms with Gasteiger partial charge in [0.2, 0.25) is 5.13 Å². The molecule has 174 valence electrons. The Kier molecular flexibility index (Phi) is 6.81. The molecule has 9 heteroatoms. The third-order valence-electron chi connectivity index (χ3n) is 5.46. The van der Waals surface area contributed by atoms with Gasteiger partial charge in [0.1, 0.15) is 5.76 Å². The molecule has 1 aliphatic heterocycles. The van der Waals surface area contributed by atoms with Crippen molar-refractivity contribution in [1.82, 2.24) is 10.2 Å². The van der Waals surface area contributed by atoms with Crippen molar-refractivity contribution in [2.75, 3.05) is 4.90 Å². The molecule has 3 aromatic carbocycles. The molecular weight excluding hydrogens is 546 g/mol. The summed E-state index contributed by atoms with van der Waals surface area (Å²) in [5, 5.41) is 19.9. The van der Waals surface area contributed by atoms with E-state index in [1.165, 1.54) is 28.0 Å². The molecular formula is C26H18BrN3O3S2. The zero-order chi connectivity index (χ0) is 24.4. The van der Waals surface area contributed by atoms with Gasteiger partial charge in [-0.15, -0.1) is 10.2 Å². The van der Waals surface area contributed by atoms with Crippen LogP contribution in [0.4, 0.5) is 5.13 Å². The van der Waals surface area contributed by atoms with Crippen LogP contribution in [0.3, 0.4) is 0 Å². The van der Waals surface area contributed by atoms with Crippen molar-refractivity contribution < 1.29 is 14.7 Å². The Labute approximate surface area is 218 Å². The van der Waals surface area contributed by atoms with Gasteiger partial charge >= 0.3 is 5.91 Å². The van der Waals surface area contributed by atoms with Crippen molar-refractivity contribution in [2.24, 2.45) is 0 Å². The molecule has 5 rings (SSSR count). The van der Waals surface area contributed by atoms with Gasteiger partial charge in [-0.1, -0.05) is 112 Å². The molecule has 1 aromatic heterocycles. The summed E-state index contributed by atoms with van der Waals surface area (Å²) in [4.78, 5) is 27.8. The molecule has 1 fully saturated rings. The Bertz CT molecular complexity index is 1420. The average Bonchev–Trinajstić information content (AvgIpc) is 3.46. The molecule has 1 saturated heterocycles. The zero-order valence-corrected chi connectivity index (χ0v) is 21.4. The second-order valence-electron chi connectivity index (χ2n) is 7.71. The van der Waals surface area contributed by atoms with E-state index in [0.717, 1.165) is 10.0 Å². The monoisotopic (exact) mass is 563 g/mol. The van der Waals surface area contributed by atoms with Crippen LogP contribution in [0.15, 0.2) is 99.3 Å². The molecule has 1 N–H and O–H groups in total. The highest BCUT2D eigenvalue weighted by atomic mass is 79.9. The second kappa shape index (κ2) is 10.2. The molecule has 6 nitrogen and oxygen atoms in total. The third-order valence-corrected chi connectivity index (χ3v) is 8.08. The molecule has 1 amide bonds. The zero-order valence-electron chi connectivity index (χ0n) is 18.2. The summed E-state index contributed by atoms with van der Waals surface area (Å²) in [6.45, 7) is 0. The summed E-state index contributed by atoms with van der Waals surface area (Å²) in [6.07, 6.45) is 0. The van der Waals surface area contributed by atoms with Crippen LogP contribution < -0.4 is 4.90 Å². The SMILES string of the molecule is O=C1C(=O)N(c2nnc(SCc3ccccc3)s2)C(c2cccc(Br)c2)/C1=C(/O)c1ccccc1. The first-order valence-electron chi connectivity index (χ1n) is 10.6. The average molecular weight is 564 g/mol. The van der Waals surface area contributed by atoms with Crippen LogP contribution in [-0.2, 0) is 15.3 Å². The van der Waals surface area contributed by atoms with Crippen molar-refractivity contribution in [2.45, 2.75) is 16.1 Å². The molecule has 0 spiro atoms. The predicted octanol–water partition coefficient (Wildman–Crippen LogP) is 6.22. The smallest absolute Gasteiger partial charge is 0.301 e. The Morgan fingerprint density at radius 1 is 0.971 bits per heavy atom. The van der Waals surface area contributed by atoms with Gasteiger partial charge in [-0.25, -0.2) is 0 Å². The highest BCUT2D eigenvalue weighted by molar-refractivity contribution is 9.10. The van der Waals surface area contributed by atoms with Crippen molar-refractivity contribution in [3.8, 4) is 0 Å². The fourth-order valence-corrected chi connectivity index (χ4v) is 6.09. The summed E-state index contributed by atoms with van der Waals surface area (Å²) in [5.41, 5.74) is 2.30. The molecule has 0 radical (unpaired) electrons. The van der Waals surface area contributed by atoms with E-state index in [1.54, 1.807) is 24.3 Å². The summed E-state index contributed by atoms with van der Waals surface area (Å²) >= 11 is 6.23. The standard InChI is InChI=1S/C26H18BrN3O3S2/c27-19-13-7-12-18(14-19)21-20(22(31)17-10-5-2-6-11-17)23(32)24(33)30(21)25-28-29-26(35-25)34-15-16-8-3-1-4-9-16/h1-14,21,31H,15H2/b22-20-. The van der Waals surface area contributed by atoms with Crippen LogP contribution in [0.25, 0.3) is 5.76 Å². The number of carbonyl (C=O) groups is 2. The Balaban J connectivity index is 1.55. The Hall–Kier alpha value is -3.27. The van der Waals surface area contributed by atoms with Gasteiger partial charge in [0.25, 0.3) is 5.78 Å². The number of nitrogens with zero attached hydrogens (tertiary/aromatic N) is 3. The molecule has 4 aromatic rings. The second-order valence-corrected chi connectivity index (χ2v) is 10.8. The predicted molar refractivity (Wildman–Crippen MR) is 141 cm³/mol. The summed E-state index contributed by atoms with van der Waals surface area (Å²) in [7, 11) is 0. The number of aliphatic hydroxyl groups is 1. The van der Waals surface area contributed by atoms with Crippen LogP contribution in [0.5, 0.6) is 0 Å². The van der Waals surface area contributed by atoms with Crippen molar-refractivity contribution in [3.05, 3.63) is 112 Å². The van der Waals surface area contributed by atoms with E-state index in [0.29, 0.717) is 26.4 Å². The van der Waals surface area contributed by atoms with Gasteiger partial charge in [-0.3, -0.25) is 14.5 Å². The van der Waals surface area contributed by atoms with Crippen LogP contribution in [0.1, 0.15) is 22.7 Å². The van der Waals surface area contributed by atoms with Crippen molar-refractivity contribution >= 4 is 61.6 Å². The number of hydrogen-bond acceptors (Lipinski definition) is 7. The van der Waals surface area contributed by atoms with Gasteiger partial charge in [0, 0.05) is 15.8 Å². The van der Waals surface area contributed by atoms with Gasteiger partial charge in [-0.05, 0) is 23.3 Å². The summed E-state index contributed by atoms with van der Waals surface area (Å²) < 4.78 is 1.47. The number of amides is 1. The van der Waals surface area contributed by atoms with E-state index in [1.807, 2.05) is 60.7 Å². The lowest BCUT2D eigenvalue weighted by molar-refractivity contribution is -0.132. The molecule has 1 atom stereocenters. The molecule has 2 heterocycles. The third kappa shape index (κ3) is 4.80. The molecule has 1 unspecified atom stereocenters. The maximum absolute atomic E-state index is 13.3. The number of thioether (sulfide) groups is 1. The van der Waals surface area contributed by atoms with E-state index in [2.05, 4.69) is 26.1 Å². The Morgan fingerprint density at radius 3 is 2.40 bits per heavy atom. The van der Waals surface area contributed by atoms with E-state index in [4.69, 9.17) is 0 Å². The van der Waals surface area contributed by atoms with Gasteiger partial charge in [0.05, 0.1) is 11.6 Å². The number of halogens is 1. The number of benzene rings is 3. The number of hydrogen-bond donors (Lipinski definition) is 1. The molecule has 0 aliphatic carbocycles. The highest BCUT2D eigenvalue weighted by Crippen LogP contribution is 2.44. The number of aromatic nitrogens is 2. The van der Waals surface area contributed by atoms with Crippen LogP contribution in [-0.4, -0.2) is 27.0 Å². The number of Topliss-reactive ketones (excluding diaryl/α,β-unsaturated/α-hetero) is 1. The van der Waals surface area contributed by atoms with Crippen LogP contribution in [0.2, 0.25) is 0 Å². The summed E-state index contributed by atoms with van der Waals surface area (Å²) in [5.74, 6) is -1.02. The van der Waals surface area contributed by atoms with Crippen molar-refractivity contribution in [1.29, 1.82) is 0 Å². The minimum atomic E-state index is -0.840. The maximum Gasteiger partial charge on any atom is 0.301 e. The minimum absolute atomic E-state index is 0.0213. The van der Waals surface area contributed by atoms with Gasteiger partial charge in [-0.2, -0.15) is 0 Å². The summed E-state index contributed by atoms with van der Waals surface area (Å²) in [6, 6.07) is 25.2. The quantitative estimate of drug-likeness (QED) is 0.0985. The molecule has 35 heavy (non-hydrogen) atoms. The molecule has 0 bridgehead atoms. The lowest BCUT2D eigenvalue weighted by atomic mass is 9.95. The topological polar surface area (TPSA) is 83.4 Å². The highest BCUT2D eigenvalue weighted by Gasteiger charge is 2.48. The van der Waals surface area contributed by atoms with Gasteiger partial charge < -0.3 is 5.11 Å². The first kappa shape index (κ1) is 23.5. The lowest BCUT2D eigenvalue weighted by Crippen LogP contribution is -2.29. The largest absolute Gasteiger partial charge is 0.507 e. The molecule has 1 aliphatic rings. The number of aliphatic hydroxyl groups excluding tert-OH is 1. The van der Waals surface area contributed by atoms with Crippen molar-refractivity contribution in [3.63, 3.8) is 0 Å². The van der Waals surface area contributed by atoms with Crippen LogP contribution in [0, 0.1) is 0 Å². The number of rotatable bonds is 6. The first-order valence-corrected chi connectivity index (χ1v) is 13.2. The van der Waals surface area contributed by atoms with E-state index < -0.39 is 17.7 Å². The van der Waals surface area contributed by atoms with Gasteiger partial charge in [0.15, 0.2) is 4.34 Å². The Morgan fingerprint density at radius 2 is 1.69 bits per heavy atom. The number of carbonyl (C=O) groups excluding carboxylic acids is 2. The van der Waals surface area contributed by atoms with Crippen LogP contribution >= 0.6 is 39.0 Å². The van der Waals surface area contributed by atoms with E-state index in [9.17, 15) is 14.7 Å². The lowest BCUT2D eigenvalue weighted by Gasteiger charge is -2.22. The maximum atomic E-state index is 13.3. The molecule has 0 saturated carbocycles. The fraction of sp³-hybridized carbons (Fsp3) is 0.0769. The number of anilines is 1. The first-order chi connectivity index (χ1) is 17.0. The fourth-order valence-electron chi connectivity index (χ4n) is 3.85. The minimum Gasteiger partial charge on any atom is -0.507 e. The van der Waals surface area contributed by atoms with E-state index >= 15 is 0 Å². The van der Waals surface area contributed by atoms with E-state index in [-0.39, 0.29) is 11.3 Å². The normalized spacial score (nSPS) is 17.2.